The molecule has 2 aromatic carbocycles. The molecule has 0 saturated heterocycles. The van der Waals surface area contributed by atoms with E-state index in [9.17, 15) is 9.13 Å². The molecular formula is C26H40O6P2. The van der Waals surface area contributed by atoms with E-state index in [1.807, 2.05) is 43.3 Å². The molecule has 0 saturated carbocycles. The summed E-state index contributed by atoms with van der Waals surface area (Å²) < 4.78 is 48.0. The van der Waals surface area contributed by atoms with Crippen molar-refractivity contribution >= 4 is 15.2 Å². The van der Waals surface area contributed by atoms with E-state index in [4.69, 9.17) is 18.1 Å². The van der Waals surface area contributed by atoms with Crippen molar-refractivity contribution in [3.63, 3.8) is 0 Å². The van der Waals surface area contributed by atoms with Crippen molar-refractivity contribution in [1.82, 2.24) is 0 Å². The highest BCUT2D eigenvalue weighted by Crippen LogP contribution is 2.54. The smallest absolute Gasteiger partial charge is 0.375 e. The van der Waals surface area contributed by atoms with Crippen LogP contribution < -0.4 is 9.05 Å². The fraction of sp³-hybridized carbons (Fsp3) is 0.538. The first-order valence-electron chi connectivity index (χ1n) is 11.8. The summed E-state index contributed by atoms with van der Waals surface area (Å²) in [4.78, 5) is 0. The second kappa shape index (κ2) is 11.9. The van der Waals surface area contributed by atoms with E-state index < -0.39 is 15.2 Å². The molecule has 0 bridgehead atoms. The van der Waals surface area contributed by atoms with Gasteiger partial charge in [-0.3, -0.25) is 0 Å². The van der Waals surface area contributed by atoms with Gasteiger partial charge in [-0.15, -0.1) is 0 Å². The van der Waals surface area contributed by atoms with Crippen LogP contribution in [0.3, 0.4) is 0 Å². The zero-order chi connectivity index (χ0) is 25.6. The summed E-state index contributed by atoms with van der Waals surface area (Å²) in [7, 11) is -4.06. The van der Waals surface area contributed by atoms with E-state index in [1.165, 1.54) is 40.4 Å². The van der Waals surface area contributed by atoms with Crippen molar-refractivity contribution < 1.29 is 27.2 Å². The van der Waals surface area contributed by atoms with E-state index >= 15 is 0 Å². The fourth-order valence-electron chi connectivity index (χ4n) is 3.78. The summed E-state index contributed by atoms with van der Waals surface area (Å²) in [6.07, 6.45) is 5.58. The van der Waals surface area contributed by atoms with Gasteiger partial charge in [-0.25, -0.2) is 9.13 Å². The molecule has 0 aliphatic rings. The van der Waals surface area contributed by atoms with Gasteiger partial charge in [0, 0.05) is 27.5 Å². The van der Waals surface area contributed by atoms with Gasteiger partial charge in [0.1, 0.15) is 11.5 Å². The van der Waals surface area contributed by atoms with Crippen LogP contribution in [-0.2, 0) is 23.6 Å². The second-order valence-electron chi connectivity index (χ2n) is 9.50. The van der Waals surface area contributed by atoms with Crippen molar-refractivity contribution in [2.24, 2.45) is 0 Å². The van der Waals surface area contributed by atoms with Crippen molar-refractivity contribution in [1.29, 1.82) is 0 Å². The summed E-state index contributed by atoms with van der Waals surface area (Å²) in [6.45, 7) is 11.4. The monoisotopic (exact) mass is 510 g/mol. The summed E-state index contributed by atoms with van der Waals surface area (Å²) in [6, 6.07) is 11.6. The first-order chi connectivity index (χ1) is 15.8. The molecule has 2 unspecified atom stereocenters. The van der Waals surface area contributed by atoms with Crippen LogP contribution in [0.15, 0.2) is 36.4 Å². The van der Waals surface area contributed by atoms with Crippen molar-refractivity contribution in [3.05, 3.63) is 47.5 Å². The summed E-state index contributed by atoms with van der Waals surface area (Å²) >= 11 is 0. The van der Waals surface area contributed by atoms with Crippen LogP contribution in [0.4, 0.5) is 0 Å². The predicted octanol–water partition coefficient (Wildman–Crippen LogP) is 8.61. The molecule has 2 atom stereocenters. The van der Waals surface area contributed by atoms with Gasteiger partial charge in [0.25, 0.3) is 0 Å². The van der Waals surface area contributed by atoms with Gasteiger partial charge in [0.05, 0.1) is 5.56 Å². The standard InChI is InChI=1S/C26H40O6P2/c1-9-10-11-12-16-26(3,4)22-18-23(31-33(7,27)29-5)25(21-15-13-14-20(2)17-21)24(19-22)32-34(8,28)30-6/h13-15,17-19H,9-12,16H2,1-8H3. The zero-order valence-corrected chi connectivity index (χ0v) is 23.6. The second-order valence-corrected chi connectivity index (χ2v) is 13.7. The first kappa shape index (κ1) is 28.7. The maximum atomic E-state index is 12.9. The highest BCUT2D eigenvalue weighted by Gasteiger charge is 2.30. The van der Waals surface area contributed by atoms with E-state index in [0.717, 1.165) is 36.0 Å². The minimum atomic E-state index is -3.39. The number of benzene rings is 2. The van der Waals surface area contributed by atoms with Crippen molar-refractivity contribution in [2.45, 2.75) is 65.2 Å². The minimum Gasteiger partial charge on any atom is -0.424 e. The number of hydrogen-bond donors (Lipinski definition) is 0. The molecule has 0 fully saturated rings. The van der Waals surface area contributed by atoms with E-state index in [-0.39, 0.29) is 5.41 Å². The normalized spacial score (nSPS) is 15.4. The highest BCUT2D eigenvalue weighted by atomic mass is 31.2. The average molecular weight is 511 g/mol. The molecule has 0 spiro atoms. The van der Waals surface area contributed by atoms with Gasteiger partial charge in [0.15, 0.2) is 0 Å². The molecular weight excluding hydrogens is 470 g/mol. The third-order valence-corrected chi connectivity index (χ3v) is 8.38. The lowest BCUT2D eigenvalue weighted by Gasteiger charge is -2.29. The zero-order valence-electron chi connectivity index (χ0n) is 21.8. The Morgan fingerprint density at radius 2 is 1.41 bits per heavy atom. The summed E-state index contributed by atoms with van der Waals surface area (Å²) in [5.74, 6) is 0.729. The lowest BCUT2D eigenvalue weighted by atomic mass is 9.79. The van der Waals surface area contributed by atoms with Crippen LogP contribution in [0.25, 0.3) is 11.1 Å². The van der Waals surface area contributed by atoms with Gasteiger partial charge < -0.3 is 18.1 Å². The van der Waals surface area contributed by atoms with E-state index in [2.05, 4.69) is 20.8 Å². The number of hydrogen-bond acceptors (Lipinski definition) is 6. The quantitative estimate of drug-likeness (QED) is 0.198. The van der Waals surface area contributed by atoms with Gasteiger partial charge in [-0.05, 0) is 42.0 Å². The van der Waals surface area contributed by atoms with E-state index in [0.29, 0.717) is 17.1 Å². The lowest BCUT2D eigenvalue weighted by molar-refractivity contribution is 0.324. The van der Waals surface area contributed by atoms with Gasteiger partial charge >= 0.3 is 15.2 Å². The largest absolute Gasteiger partial charge is 0.424 e. The number of aryl methyl sites for hydroxylation is 1. The molecule has 0 N–H and O–H groups in total. The Bertz CT molecular complexity index is 1020. The third kappa shape index (κ3) is 7.99. The maximum Gasteiger partial charge on any atom is 0.375 e. The Balaban J connectivity index is 2.75. The van der Waals surface area contributed by atoms with Crippen molar-refractivity contribution in [3.8, 4) is 22.6 Å². The third-order valence-electron chi connectivity index (χ3n) is 6.00. The van der Waals surface area contributed by atoms with Crippen LogP contribution >= 0.6 is 15.2 Å². The summed E-state index contributed by atoms with van der Waals surface area (Å²) in [5, 5.41) is 0. The molecule has 0 aliphatic carbocycles. The maximum absolute atomic E-state index is 12.9. The Morgan fingerprint density at radius 3 is 1.88 bits per heavy atom. The molecule has 2 rings (SSSR count). The highest BCUT2D eigenvalue weighted by molar-refractivity contribution is 7.53. The Labute approximate surface area is 205 Å². The Hall–Kier alpha value is -1.58. The molecule has 6 nitrogen and oxygen atoms in total. The van der Waals surface area contributed by atoms with Crippen LogP contribution in [0.5, 0.6) is 11.5 Å². The molecule has 0 amide bonds. The SMILES string of the molecule is CCCCCCC(C)(C)c1cc(OP(C)(=O)OC)c(-c2cccc(C)c2)c(OP(C)(=O)OC)c1. The van der Waals surface area contributed by atoms with Gasteiger partial charge in [0.2, 0.25) is 0 Å². The first-order valence-corrected chi connectivity index (χ1v) is 15.7. The summed E-state index contributed by atoms with van der Waals surface area (Å²) in [5.41, 5.74) is 3.12. The molecule has 8 heteroatoms. The van der Waals surface area contributed by atoms with E-state index in [1.54, 1.807) is 0 Å². The molecule has 190 valence electrons. The van der Waals surface area contributed by atoms with Crippen LogP contribution in [0.2, 0.25) is 0 Å². The van der Waals surface area contributed by atoms with Gasteiger partial charge in [-0.2, -0.15) is 0 Å². The Morgan fingerprint density at radius 1 is 0.853 bits per heavy atom. The minimum absolute atomic E-state index is 0.218. The molecule has 2 aromatic rings. The fourth-order valence-corrected chi connectivity index (χ4v) is 4.93. The molecule has 0 heterocycles. The van der Waals surface area contributed by atoms with Crippen molar-refractivity contribution in [2.75, 3.05) is 27.5 Å². The average Bonchev–Trinajstić information content (AvgIpc) is 2.76. The molecule has 34 heavy (non-hydrogen) atoms. The molecule has 0 radical (unpaired) electrons. The number of unbranched alkanes of at least 4 members (excludes halogenated alkanes) is 3. The lowest BCUT2D eigenvalue weighted by Crippen LogP contribution is -2.17. The Kier molecular flexibility index (Phi) is 10.0. The van der Waals surface area contributed by atoms with Crippen LogP contribution in [0.1, 0.15) is 64.0 Å². The van der Waals surface area contributed by atoms with Gasteiger partial charge in [-0.1, -0.05) is 76.3 Å². The number of rotatable bonds is 13. The molecule has 0 aliphatic heterocycles. The topological polar surface area (TPSA) is 71.1 Å². The van der Waals surface area contributed by atoms with Crippen LogP contribution in [-0.4, -0.2) is 27.5 Å². The molecule has 0 aromatic heterocycles. The van der Waals surface area contributed by atoms with Crippen LogP contribution in [0, 0.1) is 6.92 Å². The predicted molar refractivity (Wildman–Crippen MR) is 141 cm³/mol.